The lowest BCUT2D eigenvalue weighted by Crippen LogP contribution is -2.32. The lowest BCUT2D eigenvalue weighted by Gasteiger charge is -2.17. The van der Waals surface area contributed by atoms with Crippen molar-refractivity contribution >= 4 is 29.3 Å². The van der Waals surface area contributed by atoms with Crippen LogP contribution in [0.15, 0.2) is 41.3 Å². The lowest BCUT2D eigenvalue weighted by atomic mass is 10.1. The summed E-state index contributed by atoms with van der Waals surface area (Å²) >= 11 is 0. The second-order valence-corrected chi connectivity index (χ2v) is 8.02. The molecule has 3 heterocycles. The number of pyridine rings is 1. The van der Waals surface area contributed by atoms with Crippen molar-refractivity contribution in [2.24, 2.45) is 7.05 Å². The largest absolute Gasteiger partial charge is 0.339 e. The van der Waals surface area contributed by atoms with Gasteiger partial charge in [-0.25, -0.2) is 0 Å². The monoisotopic (exact) mass is 436 g/mol. The first-order valence-electron chi connectivity index (χ1n) is 10.6. The summed E-state index contributed by atoms with van der Waals surface area (Å²) in [4.78, 5) is 65.1. The maximum absolute atomic E-state index is 12.7. The van der Waals surface area contributed by atoms with Crippen molar-refractivity contribution in [1.29, 1.82) is 0 Å². The number of hydrogen-bond acceptors (Lipinski definition) is 5. The highest BCUT2D eigenvalue weighted by molar-refractivity contribution is 6.21. The van der Waals surface area contributed by atoms with Gasteiger partial charge in [-0.1, -0.05) is 12.1 Å². The van der Waals surface area contributed by atoms with Crippen molar-refractivity contribution < 1.29 is 19.2 Å². The van der Waals surface area contributed by atoms with Gasteiger partial charge in [0, 0.05) is 39.3 Å². The Balaban J connectivity index is 1.37. The number of nitrogens with zero attached hydrogens (tertiary/aromatic N) is 3. The van der Waals surface area contributed by atoms with E-state index in [1.807, 2.05) is 0 Å². The number of aryl methyl sites for hydroxylation is 1. The number of benzene rings is 1. The van der Waals surface area contributed by atoms with Crippen molar-refractivity contribution in [2.75, 3.05) is 25.0 Å². The van der Waals surface area contributed by atoms with Crippen LogP contribution in [0.3, 0.4) is 0 Å². The first-order chi connectivity index (χ1) is 15.4. The minimum Gasteiger partial charge on any atom is -0.339 e. The first kappa shape index (κ1) is 21.5. The average molecular weight is 436 g/mol. The summed E-state index contributed by atoms with van der Waals surface area (Å²) in [6.45, 7) is 1.47. The van der Waals surface area contributed by atoms with E-state index in [0.717, 1.165) is 17.7 Å². The van der Waals surface area contributed by atoms with E-state index in [1.54, 1.807) is 29.2 Å². The molecule has 9 heteroatoms. The summed E-state index contributed by atoms with van der Waals surface area (Å²) in [6, 6.07) is 8.02. The number of amides is 4. The molecular weight excluding hydrogens is 412 g/mol. The fourth-order valence-electron chi connectivity index (χ4n) is 4.07. The molecule has 4 rings (SSSR count). The minimum atomic E-state index is -0.426. The third-order valence-corrected chi connectivity index (χ3v) is 5.76. The maximum Gasteiger partial charge on any atom is 0.274 e. The molecule has 4 amide bonds. The van der Waals surface area contributed by atoms with Crippen LogP contribution in [0.1, 0.15) is 56.8 Å². The number of fused-ring (bicyclic) bond motifs is 1. The normalized spacial score (nSPS) is 15.3. The van der Waals surface area contributed by atoms with E-state index in [0.29, 0.717) is 29.8 Å². The number of hydrogen-bond donors (Lipinski definition) is 1. The van der Waals surface area contributed by atoms with Gasteiger partial charge in [0.1, 0.15) is 5.69 Å². The number of anilines is 1. The highest BCUT2D eigenvalue weighted by atomic mass is 16.2. The molecule has 2 aliphatic rings. The van der Waals surface area contributed by atoms with Crippen LogP contribution in [0.2, 0.25) is 0 Å². The van der Waals surface area contributed by atoms with Crippen molar-refractivity contribution in [3.8, 4) is 0 Å². The summed E-state index contributed by atoms with van der Waals surface area (Å²) in [7, 11) is 1.53. The molecule has 0 atom stereocenters. The fraction of sp³-hybridized carbons (Fsp3) is 0.348. The molecule has 0 aliphatic carbocycles. The molecule has 166 valence electrons. The number of likely N-dealkylation sites (tertiary alicyclic amines) is 1. The van der Waals surface area contributed by atoms with Gasteiger partial charge in [0.05, 0.1) is 16.7 Å². The number of imide groups is 1. The van der Waals surface area contributed by atoms with Crippen molar-refractivity contribution in [2.45, 2.75) is 25.7 Å². The van der Waals surface area contributed by atoms with Gasteiger partial charge in [-0.15, -0.1) is 0 Å². The van der Waals surface area contributed by atoms with E-state index in [9.17, 15) is 24.0 Å². The van der Waals surface area contributed by atoms with E-state index < -0.39 is 11.5 Å². The molecule has 9 nitrogen and oxygen atoms in total. The molecule has 2 aliphatic heterocycles. The zero-order chi connectivity index (χ0) is 22.8. The third kappa shape index (κ3) is 4.05. The number of carbonyl (C=O) groups excluding carboxylic acids is 4. The quantitative estimate of drug-likeness (QED) is 0.693. The molecular formula is C23H24N4O5. The van der Waals surface area contributed by atoms with Crippen LogP contribution in [-0.4, -0.2) is 57.6 Å². The van der Waals surface area contributed by atoms with Crippen LogP contribution in [0.25, 0.3) is 0 Å². The van der Waals surface area contributed by atoms with Gasteiger partial charge in [-0.05, 0) is 37.5 Å². The first-order valence-corrected chi connectivity index (χ1v) is 10.6. The Bertz CT molecular complexity index is 1130. The predicted molar refractivity (Wildman–Crippen MR) is 116 cm³/mol. The molecule has 1 aromatic carbocycles. The third-order valence-electron chi connectivity index (χ3n) is 5.76. The van der Waals surface area contributed by atoms with Gasteiger partial charge >= 0.3 is 0 Å². The predicted octanol–water partition coefficient (Wildman–Crippen LogP) is 1.64. The summed E-state index contributed by atoms with van der Waals surface area (Å²) in [5, 5.41) is 2.57. The van der Waals surface area contributed by atoms with Gasteiger partial charge in [-0.3, -0.25) is 28.9 Å². The zero-order valence-electron chi connectivity index (χ0n) is 17.8. The van der Waals surface area contributed by atoms with Crippen LogP contribution in [-0.2, 0) is 11.8 Å². The van der Waals surface area contributed by atoms with Crippen molar-refractivity contribution in [3.05, 3.63) is 63.6 Å². The molecule has 0 unspecified atom stereocenters. The van der Waals surface area contributed by atoms with Crippen molar-refractivity contribution in [3.63, 3.8) is 0 Å². The van der Waals surface area contributed by atoms with E-state index in [2.05, 4.69) is 5.32 Å². The summed E-state index contributed by atoms with van der Waals surface area (Å²) in [5.41, 5.74) is 0.685. The molecule has 2 aromatic rings. The second kappa shape index (κ2) is 8.78. The van der Waals surface area contributed by atoms with Gasteiger partial charge in [0.25, 0.3) is 23.3 Å². The summed E-state index contributed by atoms with van der Waals surface area (Å²) in [5.74, 6) is -1.33. The van der Waals surface area contributed by atoms with E-state index in [-0.39, 0.29) is 42.8 Å². The number of nitrogens with one attached hydrogen (secondary N) is 1. The standard InChI is InChI=1S/C23H24N4O5/c1-25-14-15(20(29)26-10-4-5-11-26)13-18(23(25)32)24-19(28)9-6-12-27-21(30)16-7-2-3-8-17(16)22(27)31/h2-3,7-8,13-14H,4-6,9-12H2,1H3,(H,24,28). The molecule has 1 N–H and O–H groups in total. The smallest absolute Gasteiger partial charge is 0.274 e. The Morgan fingerprint density at radius 1 is 1.00 bits per heavy atom. The van der Waals surface area contributed by atoms with Crippen LogP contribution >= 0.6 is 0 Å². The number of aromatic nitrogens is 1. The summed E-state index contributed by atoms with van der Waals surface area (Å²) in [6.07, 6.45) is 3.65. The van der Waals surface area contributed by atoms with Gasteiger partial charge < -0.3 is 14.8 Å². The summed E-state index contributed by atoms with van der Waals surface area (Å²) < 4.78 is 1.28. The topological polar surface area (TPSA) is 109 Å². The Hall–Kier alpha value is -3.75. The molecule has 0 bridgehead atoms. The van der Waals surface area contributed by atoms with Gasteiger partial charge in [-0.2, -0.15) is 0 Å². The second-order valence-electron chi connectivity index (χ2n) is 8.02. The van der Waals surface area contributed by atoms with E-state index in [4.69, 9.17) is 0 Å². The molecule has 0 spiro atoms. The molecule has 1 saturated heterocycles. The number of carbonyl (C=O) groups is 4. The van der Waals surface area contributed by atoms with Gasteiger partial charge in [0.2, 0.25) is 5.91 Å². The molecule has 32 heavy (non-hydrogen) atoms. The van der Waals surface area contributed by atoms with Crippen LogP contribution < -0.4 is 10.9 Å². The Morgan fingerprint density at radius 2 is 1.62 bits per heavy atom. The van der Waals surface area contributed by atoms with Crippen LogP contribution in [0.5, 0.6) is 0 Å². The molecule has 1 aromatic heterocycles. The van der Waals surface area contributed by atoms with E-state index >= 15 is 0 Å². The zero-order valence-corrected chi connectivity index (χ0v) is 17.8. The van der Waals surface area contributed by atoms with Crippen molar-refractivity contribution in [1.82, 2.24) is 14.4 Å². The number of rotatable bonds is 6. The highest BCUT2D eigenvalue weighted by Crippen LogP contribution is 2.22. The van der Waals surface area contributed by atoms with Crippen LogP contribution in [0, 0.1) is 0 Å². The molecule has 1 fully saturated rings. The minimum absolute atomic E-state index is 0.0147. The van der Waals surface area contributed by atoms with E-state index in [1.165, 1.54) is 23.9 Å². The molecule has 0 radical (unpaired) electrons. The molecule has 0 saturated carbocycles. The SMILES string of the molecule is Cn1cc(C(=O)N2CCCC2)cc(NC(=O)CCCN2C(=O)c3ccccc3C2=O)c1=O. The van der Waals surface area contributed by atoms with Gasteiger partial charge in [0.15, 0.2) is 0 Å². The average Bonchev–Trinajstić information content (AvgIpc) is 3.40. The lowest BCUT2D eigenvalue weighted by molar-refractivity contribution is -0.116. The fourth-order valence-corrected chi connectivity index (χ4v) is 4.07. The Labute approximate surface area is 184 Å². The Morgan fingerprint density at radius 3 is 2.25 bits per heavy atom. The Kier molecular flexibility index (Phi) is 5.89. The maximum atomic E-state index is 12.7. The highest BCUT2D eigenvalue weighted by Gasteiger charge is 2.34. The van der Waals surface area contributed by atoms with Crippen LogP contribution in [0.4, 0.5) is 5.69 Å².